The van der Waals surface area contributed by atoms with E-state index in [1.165, 1.54) is 16.9 Å². The summed E-state index contributed by atoms with van der Waals surface area (Å²) in [5.74, 6) is -0.533. The summed E-state index contributed by atoms with van der Waals surface area (Å²) in [6, 6.07) is 3.59. The van der Waals surface area contributed by atoms with Crippen LogP contribution in [-0.4, -0.2) is 39.4 Å². The summed E-state index contributed by atoms with van der Waals surface area (Å²) in [5, 5.41) is 6.67. The van der Waals surface area contributed by atoms with E-state index < -0.39 is 0 Å². The fraction of sp³-hybridized carbons (Fsp3) is 0.267. The van der Waals surface area contributed by atoms with Crippen LogP contribution in [0.5, 0.6) is 0 Å². The number of likely N-dealkylation sites (tertiary alicyclic amines) is 1. The van der Waals surface area contributed by atoms with Gasteiger partial charge in [0.05, 0.1) is 24.6 Å². The summed E-state index contributed by atoms with van der Waals surface area (Å²) in [6.07, 6.45) is 5.16. The van der Waals surface area contributed by atoms with Gasteiger partial charge in [0.15, 0.2) is 0 Å². The zero-order valence-electron chi connectivity index (χ0n) is 12.5. The molecule has 1 N–H and O–H groups in total. The highest BCUT2D eigenvalue weighted by Gasteiger charge is 2.32. The fourth-order valence-corrected chi connectivity index (χ4v) is 2.57. The van der Waals surface area contributed by atoms with Crippen molar-refractivity contribution >= 4 is 17.3 Å². The molecule has 1 unspecified atom stereocenters. The number of pyridine rings is 1. The normalized spacial score (nSPS) is 18.6. The molecule has 21 heavy (non-hydrogen) atoms. The highest BCUT2D eigenvalue weighted by Crippen LogP contribution is 2.20. The predicted molar refractivity (Wildman–Crippen MR) is 77.5 cm³/mol. The molecule has 6 nitrogen and oxygen atoms in total. The molecule has 2 aromatic rings. The Labute approximate surface area is 123 Å². The lowest BCUT2D eigenvalue weighted by molar-refractivity contribution is -0.123. The van der Waals surface area contributed by atoms with Gasteiger partial charge >= 0.3 is 0 Å². The first kappa shape index (κ1) is 12.1. The molecular weight excluding hydrogens is 268 g/mol. The number of nitrogens with one attached hydrogen (secondary N) is 1. The maximum atomic E-state index is 12.6. The van der Waals surface area contributed by atoms with Crippen LogP contribution < -0.4 is 5.32 Å². The summed E-state index contributed by atoms with van der Waals surface area (Å²) in [4.78, 5) is 26.1. The minimum absolute atomic E-state index is 0.119. The number of carbonyl (C=O) groups is 2. The van der Waals surface area contributed by atoms with E-state index in [9.17, 15) is 9.59 Å². The van der Waals surface area contributed by atoms with Gasteiger partial charge in [-0.25, -0.2) is 4.52 Å². The van der Waals surface area contributed by atoms with Gasteiger partial charge in [0.1, 0.15) is 0 Å². The van der Waals surface area contributed by atoms with Gasteiger partial charge in [-0.3, -0.25) is 9.59 Å². The first-order chi connectivity index (χ1) is 10.6. The molecule has 1 saturated heterocycles. The van der Waals surface area contributed by atoms with Crippen molar-refractivity contribution in [1.82, 2.24) is 19.8 Å². The van der Waals surface area contributed by atoms with Crippen LogP contribution in [0.2, 0.25) is 0 Å². The number of rotatable bonds is 3. The average Bonchev–Trinajstić information content (AvgIpc) is 3.15. The van der Waals surface area contributed by atoms with Gasteiger partial charge < -0.3 is 10.2 Å². The maximum absolute atomic E-state index is 12.6. The third kappa shape index (κ3) is 2.40. The molecule has 0 spiro atoms. The van der Waals surface area contributed by atoms with Crippen molar-refractivity contribution in [2.24, 2.45) is 5.92 Å². The number of hydrogen-bond acceptors (Lipinski definition) is 3. The van der Waals surface area contributed by atoms with Crippen molar-refractivity contribution in [2.75, 3.05) is 13.1 Å². The maximum Gasteiger partial charge on any atom is 0.257 e. The van der Waals surface area contributed by atoms with Gasteiger partial charge in [0.25, 0.3) is 5.91 Å². The molecule has 0 aromatic carbocycles. The minimum atomic E-state index is -0.223. The average molecular weight is 286 g/mol. The van der Waals surface area contributed by atoms with Crippen molar-refractivity contribution in [3.63, 3.8) is 0 Å². The van der Waals surface area contributed by atoms with Crippen molar-refractivity contribution in [1.29, 1.82) is 0 Å². The second-order valence-electron chi connectivity index (χ2n) is 4.95. The minimum Gasteiger partial charge on any atom is -0.338 e. The Hall–Kier alpha value is -2.63. The SMILES string of the molecule is [3H]c1cccn2ncc(C(=O)N3CCC(C(=O)NC=C)C3)c12. The van der Waals surface area contributed by atoms with E-state index in [2.05, 4.69) is 17.0 Å². The molecule has 1 atom stereocenters. The number of carbonyl (C=O) groups excluding carboxylic acids is 2. The van der Waals surface area contributed by atoms with Crippen LogP contribution in [-0.2, 0) is 4.79 Å². The van der Waals surface area contributed by atoms with E-state index in [1.54, 1.807) is 23.2 Å². The van der Waals surface area contributed by atoms with Crippen molar-refractivity contribution in [3.05, 3.63) is 48.9 Å². The first-order valence-electron chi connectivity index (χ1n) is 7.25. The third-order valence-electron chi connectivity index (χ3n) is 3.66. The lowest BCUT2D eigenvalue weighted by atomic mass is 10.1. The molecule has 3 rings (SSSR count). The van der Waals surface area contributed by atoms with Gasteiger partial charge in [-0.2, -0.15) is 5.10 Å². The summed E-state index contributed by atoms with van der Waals surface area (Å²) >= 11 is 0. The molecule has 1 aliphatic rings. The Bertz CT molecular complexity index is 755. The molecular formula is C15H16N4O2. The molecule has 2 aromatic heterocycles. The summed E-state index contributed by atoms with van der Waals surface area (Å²) in [5.41, 5.74) is 0.891. The lowest BCUT2D eigenvalue weighted by Crippen LogP contribution is -2.32. The van der Waals surface area contributed by atoms with Crippen LogP contribution in [0, 0.1) is 5.92 Å². The third-order valence-corrected chi connectivity index (χ3v) is 3.66. The molecule has 0 bridgehead atoms. The molecule has 0 radical (unpaired) electrons. The highest BCUT2D eigenvalue weighted by atomic mass is 16.2. The number of aromatic nitrogens is 2. The molecule has 1 aliphatic heterocycles. The Balaban J connectivity index is 1.82. The van der Waals surface area contributed by atoms with E-state index >= 15 is 0 Å². The van der Waals surface area contributed by atoms with Crippen LogP contribution in [0.1, 0.15) is 18.1 Å². The van der Waals surface area contributed by atoms with Crippen LogP contribution in [0.25, 0.3) is 5.52 Å². The lowest BCUT2D eigenvalue weighted by Gasteiger charge is -2.15. The van der Waals surface area contributed by atoms with Gasteiger partial charge in [-0.1, -0.05) is 12.6 Å². The zero-order chi connectivity index (χ0) is 15.7. The monoisotopic (exact) mass is 286 g/mol. The number of nitrogens with zero attached hydrogens (tertiary/aromatic N) is 3. The standard InChI is InChI=1S/C15H16N4O2/c1-2-16-14(20)11-6-8-18(10-11)15(21)12-9-17-19-7-4-3-5-13(12)19/h2-5,7,9,11H,1,6,8,10H2,(H,16,20)/i5T. The zero-order valence-corrected chi connectivity index (χ0v) is 11.5. The molecule has 6 heteroatoms. The Morgan fingerprint density at radius 3 is 3.19 bits per heavy atom. The molecule has 1 fully saturated rings. The number of hydrogen-bond donors (Lipinski definition) is 1. The van der Waals surface area contributed by atoms with E-state index in [0.717, 1.165) is 0 Å². The summed E-state index contributed by atoms with van der Waals surface area (Å²) in [7, 11) is 0. The Kier molecular flexibility index (Phi) is 3.12. The van der Waals surface area contributed by atoms with Crippen LogP contribution >= 0.6 is 0 Å². The molecule has 3 heterocycles. The second kappa shape index (κ2) is 5.40. The molecule has 0 saturated carbocycles. The molecule has 108 valence electrons. The smallest absolute Gasteiger partial charge is 0.257 e. The van der Waals surface area contributed by atoms with Gasteiger partial charge in [-0.05, 0) is 24.7 Å². The van der Waals surface area contributed by atoms with E-state index in [0.29, 0.717) is 30.6 Å². The van der Waals surface area contributed by atoms with Crippen LogP contribution in [0.4, 0.5) is 0 Å². The molecule has 0 aliphatic carbocycles. The Morgan fingerprint density at radius 2 is 2.38 bits per heavy atom. The number of amides is 2. The quantitative estimate of drug-likeness (QED) is 0.917. The van der Waals surface area contributed by atoms with E-state index in [-0.39, 0.29) is 23.8 Å². The highest BCUT2D eigenvalue weighted by molar-refractivity contribution is 6.01. The van der Waals surface area contributed by atoms with Crippen LogP contribution in [0.15, 0.2) is 43.3 Å². The largest absolute Gasteiger partial charge is 0.338 e. The van der Waals surface area contributed by atoms with Crippen molar-refractivity contribution < 1.29 is 11.0 Å². The van der Waals surface area contributed by atoms with Gasteiger partial charge in [-0.15, -0.1) is 0 Å². The topological polar surface area (TPSA) is 66.7 Å². The predicted octanol–water partition coefficient (Wildman–Crippen LogP) is 1.06. The van der Waals surface area contributed by atoms with E-state index in [1.807, 2.05) is 0 Å². The molecule has 2 amide bonds. The second-order valence-corrected chi connectivity index (χ2v) is 4.95. The van der Waals surface area contributed by atoms with Crippen molar-refractivity contribution in [2.45, 2.75) is 6.42 Å². The van der Waals surface area contributed by atoms with Gasteiger partial charge in [0, 0.05) is 19.3 Å². The summed E-state index contributed by atoms with van der Waals surface area (Å²) < 4.78 is 9.46. The fourth-order valence-electron chi connectivity index (χ4n) is 2.57. The number of fused-ring (bicyclic) bond motifs is 1. The van der Waals surface area contributed by atoms with E-state index in [4.69, 9.17) is 1.37 Å². The Morgan fingerprint density at radius 1 is 1.52 bits per heavy atom. The first-order valence-corrected chi connectivity index (χ1v) is 6.75. The van der Waals surface area contributed by atoms with Crippen molar-refractivity contribution in [3.8, 4) is 0 Å². The van der Waals surface area contributed by atoms with Gasteiger partial charge in [0.2, 0.25) is 5.91 Å². The van der Waals surface area contributed by atoms with Crippen LogP contribution in [0.3, 0.4) is 0 Å². The summed E-state index contributed by atoms with van der Waals surface area (Å²) in [6.45, 7) is 4.36.